The predicted octanol–water partition coefficient (Wildman–Crippen LogP) is 0.143. The molecule has 1 unspecified atom stereocenters. The molecule has 0 saturated carbocycles. The van der Waals surface area contributed by atoms with Crippen molar-refractivity contribution in [2.75, 3.05) is 13.7 Å². The number of rotatable bonds is 3. The van der Waals surface area contributed by atoms with Gasteiger partial charge in [-0.25, -0.2) is 0 Å². The van der Waals surface area contributed by atoms with E-state index in [0.717, 1.165) is 0 Å². The summed E-state index contributed by atoms with van der Waals surface area (Å²) in [5, 5.41) is 0. The van der Waals surface area contributed by atoms with Crippen LogP contribution in [-0.2, 0) is 13.6 Å². The van der Waals surface area contributed by atoms with Crippen LogP contribution in [0.3, 0.4) is 0 Å². The van der Waals surface area contributed by atoms with Gasteiger partial charge in [-0.15, -0.1) is 0 Å². The minimum Gasteiger partial charge on any atom is -0.314 e. The summed E-state index contributed by atoms with van der Waals surface area (Å²) in [6, 6.07) is 0. The highest BCUT2D eigenvalue weighted by atomic mass is 31.1. The van der Waals surface area contributed by atoms with Crippen LogP contribution in [0.5, 0.6) is 0 Å². The van der Waals surface area contributed by atoms with Crippen LogP contribution in [-0.4, -0.2) is 36.8 Å². The van der Waals surface area contributed by atoms with Crippen molar-refractivity contribution < 1.29 is 13.6 Å². The van der Waals surface area contributed by atoms with Gasteiger partial charge < -0.3 is 9.05 Å². The van der Waals surface area contributed by atoms with Gasteiger partial charge in [-0.2, -0.15) is 0 Å². The molecule has 0 spiro atoms. The summed E-state index contributed by atoms with van der Waals surface area (Å²) >= 11 is 0. The first-order chi connectivity index (χ1) is 3.31. The lowest BCUT2D eigenvalue weighted by Gasteiger charge is -1.94. The molecule has 3 nitrogen and oxygen atoms in total. The van der Waals surface area contributed by atoms with Crippen molar-refractivity contribution in [2.24, 2.45) is 0 Å². The molecular weight excluding hydrogens is 139 g/mol. The van der Waals surface area contributed by atoms with Crippen molar-refractivity contribution in [2.45, 2.75) is 6.92 Å². The van der Waals surface area contributed by atoms with E-state index < -0.39 is 8.25 Å². The number of hydrogen-bond acceptors (Lipinski definition) is 3. The summed E-state index contributed by atoms with van der Waals surface area (Å²) in [7, 11) is -0.772. The van der Waals surface area contributed by atoms with Crippen molar-refractivity contribution in [3.63, 3.8) is 0 Å². The van der Waals surface area contributed by atoms with E-state index >= 15 is 0 Å². The number of hydrogen-bond donors (Lipinski definition) is 0. The molecule has 0 amide bonds. The first-order valence-corrected chi connectivity index (χ1v) is 3.24. The fraction of sp³-hybridized carbons (Fsp3) is 1.00. The quantitative estimate of drug-likeness (QED) is 0.424. The van der Waals surface area contributed by atoms with E-state index in [1.54, 1.807) is 6.92 Å². The average Bonchev–Trinajstić information content (AvgIpc) is 1.68. The standard InChI is InChI=1S/C3H9O3P.Mg.2H/c1-3-6-7(4)5-2;;;/h7H,3H2,1-2H3;;;. The molecular formula is C3H11MgO3P. The summed E-state index contributed by atoms with van der Waals surface area (Å²) in [6.07, 6.45) is 0. The van der Waals surface area contributed by atoms with Gasteiger partial charge in [0.15, 0.2) is 0 Å². The Balaban J connectivity index is 0. The van der Waals surface area contributed by atoms with Gasteiger partial charge >= 0.3 is 31.3 Å². The molecule has 0 aromatic heterocycles. The fourth-order valence-electron chi connectivity index (χ4n) is 0.177. The third kappa shape index (κ3) is 6.92. The molecule has 0 fully saturated rings. The van der Waals surface area contributed by atoms with E-state index in [2.05, 4.69) is 9.05 Å². The maximum Gasteiger partial charge on any atom is 0.318 e. The summed E-state index contributed by atoms with van der Waals surface area (Å²) in [5.74, 6) is 0. The molecule has 1 atom stereocenters. The topological polar surface area (TPSA) is 35.5 Å². The second-order valence-corrected chi connectivity index (χ2v) is 2.08. The van der Waals surface area contributed by atoms with Crippen molar-refractivity contribution >= 4 is 31.3 Å². The van der Waals surface area contributed by atoms with Crippen LogP contribution < -0.4 is 0 Å². The normalized spacial score (nSPS) is 12.2. The predicted molar refractivity (Wildman–Crippen MR) is 36.2 cm³/mol. The largest absolute Gasteiger partial charge is 0.318 e. The summed E-state index contributed by atoms with van der Waals surface area (Å²) in [4.78, 5) is 0. The zero-order valence-corrected chi connectivity index (χ0v) is 5.43. The third-order valence-corrected chi connectivity index (χ3v) is 1.29. The zero-order chi connectivity index (χ0) is 5.70. The van der Waals surface area contributed by atoms with E-state index in [4.69, 9.17) is 0 Å². The van der Waals surface area contributed by atoms with Crippen LogP contribution >= 0.6 is 8.25 Å². The van der Waals surface area contributed by atoms with Crippen LogP contribution in [0.2, 0.25) is 0 Å². The smallest absolute Gasteiger partial charge is 0.314 e. The summed E-state index contributed by atoms with van der Waals surface area (Å²) in [5.41, 5.74) is 0. The lowest BCUT2D eigenvalue weighted by atomic mass is 10.9. The van der Waals surface area contributed by atoms with Crippen molar-refractivity contribution in [1.29, 1.82) is 0 Å². The van der Waals surface area contributed by atoms with Gasteiger partial charge in [0, 0.05) is 7.11 Å². The van der Waals surface area contributed by atoms with Crippen molar-refractivity contribution in [3.8, 4) is 0 Å². The average molecular weight is 150 g/mol. The molecule has 0 N–H and O–H groups in total. The van der Waals surface area contributed by atoms with Gasteiger partial charge in [-0.05, 0) is 6.92 Å². The molecule has 8 heavy (non-hydrogen) atoms. The minimum atomic E-state index is -2.13. The highest BCUT2D eigenvalue weighted by molar-refractivity contribution is 7.33. The molecule has 0 radical (unpaired) electrons. The molecule has 0 bridgehead atoms. The highest BCUT2D eigenvalue weighted by Gasteiger charge is 1.87. The van der Waals surface area contributed by atoms with Crippen molar-refractivity contribution in [1.82, 2.24) is 0 Å². The van der Waals surface area contributed by atoms with Gasteiger partial charge in [0.25, 0.3) is 0 Å². The summed E-state index contributed by atoms with van der Waals surface area (Å²) in [6.45, 7) is 2.22. The maximum atomic E-state index is 10.2. The lowest BCUT2D eigenvalue weighted by molar-refractivity contribution is 0.268. The van der Waals surface area contributed by atoms with E-state index in [9.17, 15) is 4.57 Å². The van der Waals surface area contributed by atoms with Crippen LogP contribution in [0.25, 0.3) is 0 Å². The van der Waals surface area contributed by atoms with Crippen LogP contribution in [0, 0.1) is 0 Å². The lowest BCUT2D eigenvalue weighted by Crippen LogP contribution is -1.76. The van der Waals surface area contributed by atoms with E-state index in [1.807, 2.05) is 0 Å². The van der Waals surface area contributed by atoms with Crippen LogP contribution in [0.4, 0.5) is 0 Å². The molecule has 0 rings (SSSR count). The molecule has 0 heterocycles. The SMILES string of the molecule is CCO[PH](=O)OC.[MgH2]. The van der Waals surface area contributed by atoms with Crippen LogP contribution in [0.15, 0.2) is 0 Å². The molecule has 0 aliphatic heterocycles. The zero-order valence-electron chi connectivity index (χ0n) is 4.43. The Morgan fingerprint density at radius 3 is 2.25 bits per heavy atom. The molecule has 0 saturated heterocycles. The first-order valence-electron chi connectivity index (χ1n) is 2.02. The Morgan fingerprint density at radius 1 is 1.62 bits per heavy atom. The molecule has 0 aliphatic carbocycles. The molecule has 5 heteroatoms. The first kappa shape index (κ1) is 11.7. The minimum absolute atomic E-state index is 0. The molecule has 0 aliphatic rings. The third-order valence-electron chi connectivity index (χ3n) is 0.429. The Labute approximate surface area is 65.8 Å². The Kier molecular flexibility index (Phi) is 11.6. The van der Waals surface area contributed by atoms with E-state index in [0.29, 0.717) is 6.61 Å². The highest BCUT2D eigenvalue weighted by Crippen LogP contribution is 2.20. The van der Waals surface area contributed by atoms with Crippen LogP contribution in [0.1, 0.15) is 6.92 Å². The monoisotopic (exact) mass is 150 g/mol. The second-order valence-electron chi connectivity index (χ2n) is 0.887. The van der Waals surface area contributed by atoms with E-state index in [-0.39, 0.29) is 23.1 Å². The molecule has 0 aromatic rings. The van der Waals surface area contributed by atoms with Gasteiger partial charge in [0.2, 0.25) is 0 Å². The fourth-order valence-corrected chi connectivity index (χ4v) is 0.530. The van der Waals surface area contributed by atoms with Gasteiger partial charge in [0.05, 0.1) is 6.61 Å². The maximum absolute atomic E-state index is 10.2. The molecule has 48 valence electrons. The van der Waals surface area contributed by atoms with Gasteiger partial charge in [-0.3, -0.25) is 4.57 Å². The Hall–Kier alpha value is 0.916. The van der Waals surface area contributed by atoms with E-state index in [1.165, 1.54) is 7.11 Å². The Morgan fingerprint density at radius 2 is 2.12 bits per heavy atom. The second kappa shape index (κ2) is 7.92. The van der Waals surface area contributed by atoms with Gasteiger partial charge in [-0.1, -0.05) is 0 Å². The Bertz CT molecular complexity index is 67.5. The molecule has 0 aromatic carbocycles. The summed E-state index contributed by atoms with van der Waals surface area (Å²) < 4.78 is 19.0. The van der Waals surface area contributed by atoms with Crippen molar-refractivity contribution in [3.05, 3.63) is 0 Å². The van der Waals surface area contributed by atoms with Gasteiger partial charge in [0.1, 0.15) is 0 Å².